The van der Waals surface area contributed by atoms with Crippen LogP contribution in [0.5, 0.6) is 0 Å². The molecule has 0 fully saturated rings. The standard InChI is InChI=1S/C108H69BN2O2/c1-10-32-70(33-11-1)81-62-92(75-42-20-6-21-43-75)103(93(63-81)76-44-22-7-23-45-76)110-98-60-58-79(86-52-30-56-90-88-54-28-50-84(105(88)112-107(86)90)73-38-16-4-17-39-73)66-96(98)109-97-67-80(87-53-31-57-91-89-55-29-51-85(106(89)113-108(87)91)74-40-18-5-19-41-74)59-61-99(97)111(101-69-83(68-100(110)102(101)109)72-36-14-3-15-37-72)104-94(77-46-24-8-25-47-77)64-82(71-34-12-2-13-35-71)65-95(104)78-48-26-9-27-49-78/h1-69H. The Balaban J connectivity index is 0.904. The number of hydrogen-bond acceptors (Lipinski definition) is 4. The van der Waals surface area contributed by atoms with Gasteiger partial charge < -0.3 is 18.6 Å². The summed E-state index contributed by atoms with van der Waals surface area (Å²) in [5.41, 5.74) is 37.2. The zero-order valence-corrected chi connectivity index (χ0v) is 61.6. The van der Waals surface area contributed by atoms with Crippen molar-refractivity contribution in [1.82, 2.24) is 0 Å². The summed E-state index contributed by atoms with van der Waals surface area (Å²) in [5, 5.41) is 4.28. The molecule has 0 aliphatic carbocycles. The molecule has 20 aromatic rings. The highest BCUT2D eigenvalue weighted by Gasteiger charge is 2.46. The van der Waals surface area contributed by atoms with Crippen LogP contribution in [0.2, 0.25) is 0 Å². The molecule has 0 radical (unpaired) electrons. The van der Waals surface area contributed by atoms with E-state index in [1.54, 1.807) is 0 Å². The number of hydrogen-bond donors (Lipinski definition) is 0. The number of furan rings is 2. The predicted octanol–water partition coefficient (Wildman–Crippen LogP) is 27.9. The van der Waals surface area contributed by atoms with Crippen LogP contribution < -0.4 is 26.2 Å². The average Bonchev–Trinajstić information content (AvgIpc) is 1.49. The molecule has 2 aliphatic rings. The Labute approximate surface area is 656 Å². The van der Waals surface area contributed by atoms with Crippen molar-refractivity contribution in [2.45, 2.75) is 0 Å². The van der Waals surface area contributed by atoms with Gasteiger partial charge in [-0.2, -0.15) is 0 Å². The van der Waals surface area contributed by atoms with Gasteiger partial charge >= 0.3 is 0 Å². The molecule has 0 saturated heterocycles. The van der Waals surface area contributed by atoms with Crippen LogP contribution in [0.3, 0.4) is 0 Å². The Morgan fingerprint density at radius 1 is 0.168 bits per heavy atom. The van der Waals surface area contributed by atoms with Crippen LogP contribution >= 0.6 is 0 Å². The van der Waals surface area contributed by atoms with Crippen LogP contribution in [0.25, 0.3) is 166 Å². The fourth-order valence-corrected chi connectivity index (χ4v) is 18.1. The fourth-order valence-electron chi connectivity index (χ4n) is 18.1. The molecule has 526 valence electrons. The minimum atomic E-state index is -0.394. The minimum absolute atomic E-state index is 0.394. The molecule has 0 unspecified atom stereocenters. The van der Waals surface area contributed by atoms with E-state index in [0.717, 1.165) is 217 Å². The summed E-state index contributed by atoms with van der Waals surface area (Å²) >= 11 is 0. The molecule has 18 aromatic carbocycles. The van der Waals surface area contributed by atoms with Crippen molar-refractivity contribution in [1.29, 1.82) is 0 Å². The van der Waals surface area contributed by atoms with Crippen molar-refractivity contribution in [3.8, 4) is 122 Å². The molecule has 0 amide bonds. The molecule has 0 saturated carbocycles. The summed E-state index contributed by atoms with van der Waals surface area (Å²) in [5.74, 6) is 0. The Bertz CT molecular complexity index is 6550. The highest BCUT2D eigenvalue weighted by atomic mass is 16.3. The lowest BCUT2D eigenvalue weighted by Crippen LogP contribution is -2.61. The number of benzene rings is 18. The molecular formula is C108H69BN2O2. The van der Waals surface area contributed by atoms with E-state index in [0.29, 0.717) is 0 Å². The Hall–Kier alpha value is -14.8. The number of para-hydroxylation sites is 4. The summed E-state index contributed by atoms with van der Waals surface area (Å²) in [7, 11) is 0. The molecule has 0 atom stereocenters. The van der Waals surface area contributed by atoms with Crippen molar-refractivity contribution in [2.75, 3.05) is 9.80 Å². The van der Waals surface area contributed by atoms with Gasteiger partial charge in [0.1, 0.15) is 22.3 Å². The van der Waals surface area contributed by atoms with Gasteiger partial charge in [-0.25, -0.2) is 0 Å². The first-order valence-electron chi connectivity index (χ1n) is 38.9. The first-order valence-corrected chi connectivity index (χ1v) is 38.9. The molecule has 22 rings (SSSR count). The van der Waals surface area contributed by atoms with Crippen LogP contribution in [0.4, 0.5) is 34.1 Å². The second-order valence-corrected chi connectivity index (χ2v) is 29.6. The summed E-state index contributed by atoms with van der Waals surface area (Å²) in [4.78, 5) is 5.32. The summed E-state index contributed by atoms with van der Waals surface area (Å²) in [6.07, 6.45) is 0. The van der Waals surface area contributed by atoms with E-state index >= 15 is 0 Å². The van der Waals surface area contributed by atoms with E-state index in [-0.39, 0.29) is 0 Å². The van der Waals surface area contributed by atoms with E-state index in [2.05, 4.69) is 428 Å². The van der Waals surface area contributed by atoms with Crippen LogP contribution in [-0.4, -0.2) is 6.71 Å². The molecule has 5 heteroatoms. The van der Waals surface area contributed by atoms with Gasteiger partial charge in [0.25, 0.3) is 6.71 Å². The third kappa shape index (κ3) is 11.0. The van der Waals surface area contributed by atoms with Crippen LogP contribution in [-0.2, 0) is 0 Å². The smallest absolute Gasteiger partial charge is 0.252 e. The van der Waals surface area contributed by atoms with Gasteiger partial charge in [0.05, 0.1) is 11.4 Å². The van der Waals surface area contributed by atoms with Crippen molar-refractivity contribution in [3.05, 3.63) is 419 Å². The summed E-state index contributed by atoms with van der Waals surface area (Å²) in [6, 6.07) is 154. The van der Waals surface area contributed by atoms with Crippen molar-refractivity contribution < 1.29 is 8.83 Å². The van der Waals surface area contributed by atoms with Crippen molar-refractivity contribution >= 4 is 101 Å². The molecule has 0 N–H and O–H groups in total. The zero-order valence-electron chi connectivity index (χ0n) is 61.6. The lowest BCUT2D eigenvalue weighted by Gasteiger charge is -2.46. The SMILES string of the molecule is c1ccc(-c2cc(-c3ccccc3)c(N3c4ccc(-c5cccc6c5oc5c(-c7ccccc7)cccc56)cc4B4c5cc(-c6cccc7c6oc6c(-c8ccccc8)cccc67)ccc5N(c5c(-c6ccccc6)cc(-c6ccccc6)cc5-c5ccccc5)c5cc(-c6ccccc6)cc3c54)c(-c3ccccc3)c2)cc1. The molecule has 2 aliphatic heterocycles. The van der Waals surface area contributed by atoms with E-state index in [1.807, 2.05) is 0 Å². The van der Waals surface area contributed by atoms with E-state index in [4.69, 9.17) is 8.83 Å². The maximum absolute atomic E-state index is 7.41. The highest BCUT2D eigenvalue weighted by molar-refractivity contribution is 7.00. The highest BCUT2D eigenvalue weighted by Crippen LogP contribution is 2.56. The Morgan fingerprint density at radius 2 is 0.407 bits per heavy atom. The van der Waals surface area contributed by atoms with Crippen LogP contribution in [0, 0.1) is 0 Å². The molecule has 4 heterocycles. The summed E-state index contributed by atoms with van der Waals surface area (Å²) in [6.45, 7) is -0.394. The fraction of sp³-hybridized carbons (Fsp3) is 0. The second kappa shape index (κ2) is 27.1. The van der Waals surface area contributed by atoms with Gasteiger partial charge in [-0.05, 0) is 143 Å². The third-order valence-electron chi connectivity index (χ3n) is 23.2. The van der Waals surface area contributed by atoms with E-state index < -0.39 is 6.71 Å². The Kier molecular flexibility index (Phi) is 15.7. The summed E-state index contributed by atoms with van der Waals surface area (Å²) < 4.78 is 14.8. The maximum Gasteiger partial charge on any atom is 0.252 e. The van der Waals surface area contributed by atoms with Gasteiger partial charge in [0.15, 0.2) is 0 Å². The first-order chi connectivity index (χ1) is 56.1. The normalized spacial score (nSPS) is 12.2. The lowest BCUT2D eigenvalue weighted by atomic mass is 9.33. The average molecular weight is 1440 g/mol. The number of nitrogens with zero attached hydrogens (tertiary/aromatic N) is 2. The van der Waals surface area contributed by atoms with Gasteiger partial charge in [0.2, 0.25) is 0 Å². The van der Waals surface area contributed by atoms with Crippen LogP contribution in [0.1, 0.15) is 0 Å². The minimum Gasteiger partial charge on any atom is -0.455 e. The monoisotopic (exact) mass is 1440 g/mol. The molecule has 2 aromatic heterocycles. The molecule has 113 heavy (non-hydrogen) atoms. The van der Waals surface area contributed by atoms with E-state index in [9.17, 15) is 0 Å². The van der Waals surface area contributed by atoms with E-state index in [1.165, 1.54) is 0 Å². The third-order valence-corrected chi connectivity index (χ3v) is 23.2. The topological polar surface area (TPSA) is 32.8 Å². The lowest BCUT2D eigenvalue weighted by molar-refractivity contribution is 0.670. The second-order valence-electron chi connectivity index (χ2n) is 29.6. The molecule has 0 bridgehead atoms. The number of rotatable bonds is 13. The first kappa shape index (κ1) is 65.3. The van der Waals surface area contributed by atoms with Crippen molar-refractivity contribution in [2.24, 2.45) is 0 Å². The largest absolute Gasteiger partial charge is 0.455 e. The molecule has 0 spiro atoms. The van der Waals surface area contributed by atoms with Crippen LogP contribution in [0.15, 0.2) is 427 Å². The number of fused-ring (bicyclic) bond motifs is 10. The zero-order chi connectivity index (χ0) is 74.5. The predicted molar refractivity (Wildman–Crippen MR) is 475 cm³/mol. The maximum atomic E-state index is 7.41. The van der Waals surface area contributed by atoms with Gasteiger partial charge in [-0.15, -0.1) is 0 Å². The molecular weight excluding hydrogens is 1370 g/mol. The Morgan fingerprint density at radius 3 is 0.681 bits per heavy atom. The van der Waals surface area contributed by atoms with Crippen molar-refractivity contribution in [3.63, 3.8) is 0 Å². The number of anilines is 6. The van der Waals surface area contributed by atoms with Gasteiger partial charge in [-0.3, -0.25) is 0 Å². The van der Waals surface area contributed by atoms with Gasteiger partial charge in [0, 0.05) is 88.8 Å². The quantitative estimate of drug-likeness (QED) is 0.108. The van der Waals surface area contributed by atoms with Gasteiger partial charge in [-0.1, -0.05) is 370 Å². The molecule has 4 nitrogen and oxygen atoms in total.